The number of ether oxygens (including phenoxy) is 2. The van der Waals surface area contributed by atoms with E-state index in [1.807, 2.05) is 36.4 Å². The van der Waals surface area contributed by atoms with E-state index >= 15 is 0 Å². The van der Waals surface area contributed by atoms with Crippen LogP contribution in [-0.2, 0) is 9.47 Å². The minimum Gasteiger partial charge on any atom is -0.371 e. The second-order valence-corrected chi connectivity index (χ2v) is 4.89. The molecule has 2 aromatic carbocycles. The van der Waals surface area contributed by atoms with E-state index in [9.17, 15) is 0 Å². The molecule has 1 aliphatic heterocycles. The molecule has 2 aromatic rings. The Morgan fingerprint density at radius 2 is 1.63 bits per heavy atom. The average molecular weight is 254 g/mol. The van der Waals surface area contributed by atoms with Gasteiger partial charge in [0.15, 0.2) is 0 Å². The summed E-state index contributed by atoms with van der Waals surface area (Å²) in [5.74, 6) is 0. The first-order chi connectivity index (χ1) is 9.34. The Kier molecular flexibility index (Phi) is 3.62. The van der Waals surface area contributed by atoms with E-state index in [1.54, 1.807) is 0 Å². The first-order valence-corrected chi connectivity index (χ1v) is 6.71. The highest BCUT2D eigenvalue weighted by Crippen LogP contribution is 2.39. The summed E-state index contributed by atoms with van der Waals surface area (Å²) >= 11 is 0. The van der Waals surface area contributed by atoms with Gasteiger partial charge >= 0.3 is 0 Å². The van der Waals surface area contributed by atoms with Crippen LogP contribution < -0.4 is 0 Å². The van der Waals surface area contributed by atoms with Gasteiger partial charge in [-0.15, -0.1) is 0 Å². The maximum atomic E-state index is 5.88. The van der Waals surface area contributed by atoms with Crippen molar-refractivity contribution in [2.45, 2.75) is 25.2 Å². The van der Waals surface area contributed by atoms with Crippen LogP contribution in [0.25, 0.3) is 0 Å². The van der Waals surface area contributed by atoms with E-state index in [4.69, 9.17) is 9.47 Å². The molecule has 0 aromatic heterocycles. The minimum absolute atomic E-state index is 0.113. The number of benzene rings is 2. The zero-order valence-electron chi connectivity index (χ0n) is 11.0. The van der Waals surface area contributed by atoms with E-state index < -0.39 is 0 Å². The second-order valence-electron chi connectivity index (χ2n) is 4.89. The van der Waals surface area contributed by atoms with Gasteiger partial charge in [0.2, 0.25) is 0 Å². The van der Waals surface area contributed by atoms with E-state index in [0.29, 0.717) is 6.61 Å². The minimum atomic E-state index is 0.113. The molecule has 1 saturated heterocycles. The van der Waals surface area contributed by atoms with Crippen LogP contribution in [0.2, 0.25) is 0 Å². The summed E-state index contributed by atoms with van der Waals surface area (Å²) in [6, 6.07) is 20.6. The third-order valence-electron chi connectivity index (χ3n) is 3.49. The van der Waals surface area contributed by atoms with Crippen LogP contribution in [0.15, 0.2) is 60.7 Å². The van der Waals surface area contributed by atoms with Gasteiger partial charge in [-0.3, -0.25) is 0 Å². The predicted octanol–water partition coefficient (Wildman–Crippen LogP) is 3.90. The predicted molar refractivity (Wildman–Crippen MR) is 74.9 cm³/mol. The molecule has 0 N–H and O–H groups in total. The maximum absolute atomic E-state index is 5.88. The van der Waals surface area contributed by atoms with Crippen molar-refractivity contribution in [3.63, 3.8) is 0 Å². The molecule has 3 rings (SSSR count). The fraction of sp³-hybridized carbons (Fsp3) is 0.294. The zero-order valence-corrected chi connectivity index (χ0v) is 11.0. The standard InChI is InChI=1S/C17H18O2/c1-13(14-8-4-2-5-9-14)18-12-16-17(19-16)15-10-6-3-7-11-15/h2-11,13,16-17H,12H2,1H3/t13?,16-,17-/m0/s1. The maximum Gasteiger partial charge on any atom is 0.112 e. The molecule has 0 bridgehead atoms. The molecule has 1 aliphatic rings. The largest absolute Gasteiger partial charge is 0.371 e. The van der Waals surface area contributed by atoms with E-state index in [0.717, 1.165) is 0 Å². The number of hydrogen-bond acceptors (Lipinski definition) is 2. The molecule has 0 spiro atoms. The Morgan fingerprint density at radius 3 is 2.32 bits per heavy atom. The van der Waals surface area contributed by atoms with Gasteiger partial charge in [0.25, 0.3) is 0 Å². The molecular weight excluding hydrogens is 236 g/mol. The zero-order chi connectivity index (χ0) is 13.1. The van der Waals surface area contributed by atoms with Gasteiger partial charge in [0, 0.05) is 0 Å². The van der Waals surface area contributed by atoms with Crippen molar-refractivity contribution in [1.82, 2.24) is 0 Å². The van der Waals surface area contributed by atoms with Crippen LogP contribution in [0, 0.1) is 0 Å². The lowest BCUT2D eigenvalue weighted by Gasteiger charge is -2.12. The summed E-state index contributed by atoms with van der Waals surface area (Å²) in [4.78, 5) is 0. The van der Waals surface area contributed by atoms with Crippen molar-refractivity contribution in [2.75, 3.05) is 6.61 Å². The molecule has 2 heteroatoms. The smallest absolute Gasteiger partial charge is 0.112 e. The van der Waals surface area contributed by atoms with Gasteiger partial charge in [0.1, 0.15) is 12.2 Å². The van der Waals surface area contributed by atoms with Crippen molar-refractivity contribution in [2.24, 2.45) is 0 Å². The molecule has 2 nitrogen and oxygen atoms in total. The van der Waals surface area contributed by atoms with Gasteiger partial charge in [-0.25, -0.2) is 0 Å². The Balaban J connectivity index is 1.50. The highest BCUT2D eigenvalue weighted by atomic mass is 16.6. The van der Waals surface area contributed by atoms with Crippen LogP contribution in [0.3, 0.4) is 0 Å². The highest BCUT2D eigenvalue weighted by molar-refractivity contribution is 5.22. The van der Waals surface area contributed by atoms with Gasteiger partial charge in [-0.05, 0) is 18.1 Å². The molecule has 0 aliphatic carbocycles. The molecule has 19 heavy (non-hydrogen) atoms. The molecular formula is C17H18O2. The lowest BCUT2D eigenvalue weighted by Crippen LogP contribution is -2.06. The first-order valence-electron chi connectivity index (χ1n) is 6.71. The fourth-order valence-electron chi connectivity index (χ4n) is 2.27. The summed E-state index contributed by atoms with van der Waals surface area (Å²) < 4.78 is 11.5. The monoisotopic (exact) mass is 254 g/mol. The van der Waals surface area contributed by atoms with E-state index in [-0.39, 0.29) is 18.3 Å². The first kappa shape index (κ1) is 12.4. The summed E-state index contributed by atoms with van der Waals surface area (Å²) in [7, 11) is 0. The molecule has 1 fully saturated rings. The SMILES string of the molecule is CC(OC[C@@H]1O[C@H]1c1ccccc1)c1ccccc1. The van der Waals surface area contributed by atoms with Crippen LogP contribution in [-0.4, -0.2) is 12.7 Å². The molecule has 0 radical (unpaired) electrons. The fourth-order valence-corrected chi connectivity index (χ4v) is 2.27. The van der Waals surface area contributed by atoms with Crippen LogP contribution >= 0.6 is 0 Å². The summed E-state index contributed by atoms with van der Waals surface area (Å²) in [5, 5.41) is 0. The Labute approximate surface area is 114 Å². The second kappa shape index (κ2) is 5.55. The molecule has 1 heterocycles. The molecule has 0 saturated carbocycles. The number of hydrogen-bond donors (Lipinski definition) is 0. The lowest BCUT2D eigenvalue weighted by molar-refractivity contribution is 0.0540. The van der Waals surface area contributed by atoms with Crippen molar-refractivity contribution >= 4 is 0 Å². The lowest BCUT2D eigenvalue weighted by atomic mass is 10.1. The average Bonchev–Trinajstić information content (AvgIpc) is 3.26. The number of epoxide rings is 1. The van der Waals surface area contributed by atoms with Gasteiger partial charge in [0.05, 0.1) is 12.7 Å². The van der Waals surface area contributed by atoms with E-state index in [1.165, 1.54) is 11.1 Å². The Morgan fingerprint density at radius 1 is 1.00 bits per heavy atom. The van der Waals surface area contributed by atoms with Crippen molar-refractivity contribution < 1.29 is 9.47 Å². The Bertz CT molecular complexity index is 509. The van der Waals surface area contributed by atoms with Gasteiger partial charge in [-0.2, -0.15) is 0 Å². The summed E-state index contributed by atoms with van der Waals surface area (Å²) in [6.07, 6.45) is 0.527. The summed E-state index contributed by atoms with van der Waals surface area (Å²) in [6.45, 7) is 2.73. The third kappa shape index (κ3) is 3.03. The van der Waals surface area contributed by atoms with Crippen molar-refractivity contribution in [1.29, 1.82) is 0 Å². The molecule has 0 amide bonds. The Hall–Kier alpha value is -1.64. The van der Waals surface area contributed by atoms with Crippen LogP contribution in [0.4, 0.5) is 0 Å². The highest BCUT2D eigenvalue weighted by Gasteiger charge is 2.40. The van der Waals surface area contributed by atoms with Crippen molar-refractivity contribution in [3.05, 3.63) is 71.8 Å². The van der Waals surface area contributed by atoms with E-state index in [2.05, 4.69) is 31.2 Å². The quantitative estimate of drug-likeness (QED) is 0.755. The molecule has 98 valence electrons. The van der Waals surface area contributed by atoms with Crippen LogP contribution in [0.1, 0.15) is 30.3 Å². The normalized spacial score (nSPS) is 23.0. The summed E-state index contributed by atoms with van der Waals surface area (Å²) in [5.41, 5.74) is 2.45. The molecule has 3 atom stereocenters. The number of rotatable bonds is 5. The molecule has 1 unspecified atom stereocenters. The van der Waals surface area contributed by atoms with Crippen LogP contribution in [0.5, 0.6) is 0 Å². The third-order valence-corrected chi connectivity index (χ3v) is 3.49. The van der Waals surface area contributed by atoms with Gasteiger partial charge in [-0.1, -0.05) is 60.7 Å². The van der Waals surface area contributed by atoms with Crippen molar-refractivity contribution in [3.8, 4) is 0 Å². The topological polar surface area (TPSA) is 21.8 Å². The van der Waals surface area contributed by atoms with Gasteiger partial charge < -0.3 is 9.47 Å².